The van der Waals surface area contributed by atoms with Gasteiger partial charge in [-0.15, -0.1) is 0 Å². The van der Waals surface area contributed by atoms with Gasteiger partial charge in [0, 0.05) is 12.8 Å². The average Bonchev–Trinajstić information content (AvgIpc) is 3.68. The molecule has 0 aliphatic rings. The highest BCUT2D eigenvalue weighted by molar-refractivity contribution is 7.47. The number of esters is 2. The molecule has 0 aliphatic carbocycles. The van der Waals surface area contributed by atoms with Crippen molar-refractivity contribution < 1.29 is 42.1 Å². The SMILES string of the molecule is CC/C=C\C/C=C\C/C=C\C/C=C\CCCCCCCCCCCCCCCCCCCCCCCCCCC(=O)OC(COC(=O)CCCCCCCCCCCCCCCC/C=C\C/C=C\C/C=C\C/C=C\CC)COP(=O)(O)OCC[N+](C)(C)C. The van der Waals surface area contributed by atoms with Gasteiger partial charge in [0.05, 0.1) is 27.7 Å². The van der Waals surface area contributed by atoms with Crippen molar-refractivity contribution in [3.05, 3.63) is 97.2 Å². The van der Waals surface area contributed by atoms with Crippen LogP contribution in [0.4, 0.5) is 0 Å². The number of carbonyl (C=O) groups is 2. The largest absolute Gasteiger partial charge is 0.472 e. The number of ether oxygens (including phenoxy) is 2. The molecule has 9 nitrogen and oxygen atoms in total. The summed E-state index contributed by atoms with van der Waals surface area (Å²) >= 11 is 0. The first-order valence-electron chi connectivity index (χ1n) is 37.0. The number of rotatable bonds is 68. The van der Waals surface area contributed by atoms with Gasteiger partial charge >= 0.3 is 19.8 Å². The fourth-order valence-electron chi connectivity index (χ4n) is 10.5. The standard InChI is InChI=1S/C78H140NO8P/c1-6-8-10-12-14-16-18-20-22-24-26-28-30-32-34-35-36-37-38-39-40-41-42-43-45-47-49-51-53-55-57-59-61-63-65-67-69-71-78(81)87-76(75-86-88(82,83)85-73-72-79(3,4)5)74-84-77(80)70-68-66-64-62-60-58-56-54-52-50-48-46-44-33-31-29-27-25-23-21-19-17-15-13-11-9-7-2/h8-11,14-17,20-23,26-29,76H,6-7,12-13,18-19,24-25,30-75H2,1-5H3/p+1/b10-8-,11-9-,16-14-,17-15-,22-20-,23-21-,28-26-,29-27-. The summed E-state index contributed by atoms with van der Waals surface area (Å²) in [5.41, 5.74) is 0. The molecule has 10 heteroatoms. The van der Waals surface area contributed by atoms with Gasteiger partial charge in [0.2, 0.25) is 0 Å². The molecule has 1 N–H and O–H groups in total. The smallest absolute Gasteiger partial charge is 0.462 e. The summed E-state index contributed by atoms with van der Waals surface area (Å²) < 4.78 is 34.8. The van der Waals surface area contributed by atoms with Gasteiger partial charge in [0.1, 0.15) is 19.8 Å². The van der Waals surface area contributed by atoms with Crippen molar-refractivity contribution in [2.24, 2.45) is 0 Å². The van der Waals surface area contributed by atoms with Gasteiger partial charge in [-0.25, -0.2) is 4.57 Å². The van der Waals surface area contributed by atoms with E-state index in [1.165, 1.54) is 218 Å². The van der Waals surface area contributed by atoms with E-state index in [1.807, 2.05) is 21.1 Å². The topological polar surface area (TPSA) is 108 Å². The van der Waals surface area contributed by atoms with Crippen LogP contribution in [0, 0.1) is 0 Å². The minimum absolute atomic E-state index is 0.0310. The fourth-order valence-corrected chi connectivity index (χ4v) is 11.3. The van der Waals surface area contributed by atoms with Gasteiger partial charge in [-0.1, -0.05) is 329 Å². The molecular formula is C78H141NO8P+. The highest BCUT2D eigenvalue weighted by Crippen LogP contribution is 2.43. The molecule has 0 aromatic heterocycles. The Kier molecular flexibility index (Phi) is 65.9. The summed E-state index contributed by atoms with van der Waals surface area (Å²) in [7, 11) is 1.49. The maximum atomic E-state index is 12.9. The van der Waals surface area contributed by atoms with Crippen LogP contribution >= 0.6 is 7.82 Å². The lowest BCUT2D eigenvalue weighted by atomic mass is 10.0. The second kappa shape index (κ2) is 68.3. The minimum Gasteiger partial charge on any atom is -0.462 e. The summed E-state index contributed by atoms with van der Waals surface area (Å²) in [4.78, 5) is 35.9. The molecule has 510 valence electrons. The lowest BCUT2D eigenvalue weighted by Crippen LogP contribution is -2.37. The number of likely N-dealkylation sites (N-methyl/N-ethyl adjacent to an activating group) is 1. The average molecular weight is 1250 g/mol. The predicted molar refractivity (Wildman–Crippen MR) is 381 cm³/mol. The Morgan fingerprint density at radius 3 is 0.909 bits per heavy atom. The predicted octanol–water partition coefficient (Wildman–Crippen LogP) is 24.3. The van der Waals surface area contributed by atoms with Gasteiger partial charge in [-0.3, -0.25) is 18.6 Å². The Hall–Kier alpha value is -3.07. The zero-order valence-corrected chi connectivity index (χ0v) is 59.1. The van der Waals surface area contributed by atoms with Crippen molar-refractivity contribution in [1.82, 2.24) is 0 Å². The maximum absolute atomic E-state index is 12.9. The Labute approximate surface area is 544 Å². The van der Waals surface area contributed by atoms with Crippen molar-refractivity contribution in [2.45, 2.75) is 341 Å². The molecule has 88 heavy (non-hydrogen) atoms. The molecule has 0 spiro atoms. The third kappa shape index (κ3) is 72.0. The van der Waals surface area contributed by atoms with Crippen molar-refractivity contribution in [3.8, 4) is 0 Å². The van der Waals surface area contributed by atoms with Gasteiger partial charge in [-0.05, 0) is 89.9 Å². The molecule has 0 aromatic carbocycles. The number of nitrogens with zero attached hydrogens (tertiary/aromatic N) is 1. The van der Waals surface area contributed by atoms with Crippen LogP contribution in [-0.4, -0.2) is 74.9 Å². The number of phosphoric acid groups is 1. The molecule has 0 radical (unpaired) electrons. The summed E-state index contributed by atoms with van der Waals surface area (Å²) in [5.74, 6) is -0.785. The number of carbonyl (C=O) groups excluding carboxylic acids is 2. The molecule has 0 saturated heterocycles. The first-order valence-corrected chi connectivity index (χ1v) is 38.5. The van der Waals surface area contributed by atoms with Gasteiger partial charge in [-0.2, -0.15) is 0 Å². The molecule has 0 aliphatic heterocycles. The molecule has 0 heterocycles. The summed E-state index contributed by atoms with van der Waals surface area (Å²) in [5, 5.41) is 0. The fraction of sp³-hybridized carbons (Fsp3) is 0.769. The normalized spacial score (nSPS) is 13.7. The van der Waals surface area contributed by atoms with Crippen molar-refractivity contribution in [2.75, 3.05) is 47.5 Å². The van der Waals surface area contributed by atoms with Crippen LogP contribution in [-0.2, 0) is 32.7 Å². The third-order valence-corrected chi connectivity index (χ3v) is 17.1. The van der Waals surface area contributed by atoms with E-state index in [4.69, 9.17) is 18.5 Å². The van der Waals surface area contributed by atoms with Crippen LogP contribution in [0.2, 0.25) is 0 Å². The monoisotopic (exact) mass is 1250 g/mol. The first kappa shape index (κ1) is 84.9. The number of allylic oxidation sites excluding steroid dienone is 16. The van der Waals surface area contributed by atoms with E-state index in [9.17, 15) is 19.0 Å². The van der Waals surface area contributed by atoms with Gasteiger partial charge in [0.25, 0.3) is 0 Å². The first-order chi connectivity index (χ1) is 43.0. The molecule has 0 saturated carbocycles. The molecule has 0 rings (SSSR count). The molecule has 2 unspecified atom stereocenters. The Balaban J connectivity index is 3.96. The molecule has 0 fully saturated rings. The molecule has 2 atom stereocenters. The molecule has 0 aromatic rings. The number of hydrogen-bond donors (Lipinski definition) is 1. The second-order valence-electron chi connectivity index (χ2n) is 25.9. The molecule has 0 amide bonds. The Bertz CT molecular complexity index is 1810. The van der Waals surface area contributed by atoms with Crippen molar-refractivity contribution in [1.29, 1.82) is 0 Å². The second-order valence-corrected chi connectivity index (χ2v) is 27.4. The van der Waals surface area contributed by atoms with E-state index in [0.29, 0.717) is 17.4 Å². The summed E-state index contributed by atoms with van der Waals surface area (Å²) in [6, 6.07) is 0. The number of unbranched alkanes of at least 4 members (excludes halogenated alkanes) is 38. The highest BCUT2D eigenvalue weighted by Gasteiger charge is 2.27. The Morgan fingerprint density at radius 2 is 0.614 bits per heavy atom. The third-order valence-electron chi connectivity index (χ3n) is 16.1. The highest BCUT2D eigenvalue weighted by atomic mass is 31.2. The lowest BCUT2D eigenvalue weighted by molar-refractivity contribution is -0.870. The summed E-state index contributed by atoms with van der Waals surface area (Å²) in [6.07, 6.45) is 95.3. The molecule has 0 bridgehead atoms. The molecular weight excluding hydrogens is 1110 g/mol. The van der Waals surface area contributed by atoms with Crippen LogP contribution in [0.1, 0.15) is 335 Å². The van der Waals surface area contributed by atoms with Crippen molar-refractivity contribution in [3.63, 3.8) is 0 Å². The lowest BCUT2D eigenvalue weighted by Gasteiger charge is -2.24. The van der Waals surface area contributed by atoms with Gasteiger partial charge < -0.3 is 18.9 Å². The van der Waals surface area contributed by atoms with E-state index >= 15 is 0 Å². The van der Waals surface area contributed by atoms with E-state index < -0.39 is 26.5 Å². The van der Waals surface area contributed by atoms with Crippen LogP contribution in [0.3, 0.4) is 0 Å². The number of quaternary nitrogens is 1. The minimum atomic E-state index is -4.40. The summed E-state index contributed by atoms with van der Waals surface area (Å²) in [6.45, 7) is 4.25. The van der Waals surface area contributed by atoms with Crippen LogP contribution in [0.15, 0.2) is 97.2 Å². The van der Waals surface area contributed by atoms with E-state index in [1.54, 1.807) is 0 Å². The van der Waals surface area contributed by atoms with E-state index in [-0.39, 0.29) is 32.0 Å². The van der Waals surface area contributed by atoms with E-state index in [0.717, 1.165) is 83.5 Å². The number of hydrogen-bond acceptors (Lipinski definition) is 7. The van der Waals surface area contributed by atoms with Crippen LogP contribution < -0.4 is 0 Å². The maximum Gasteiger partial charge on any atom is 0.472 e. The zero-order chi connectivity index (χ0) is 64.1. The quantitative estimate of drug-likeness (QED) is 0.0211. The van der Waals surface area contributed by atoms with Crippen LogP contribution in [0.25, 0.3) is 0 Å². The van der Waals surface area contributed by atoms with E-state index in [2.05, 4.69) is 111 Å². The zero-order valence-electron chi connectivity index (χ0n) is 58.2. The van der Waals surface area contributed by atoms with Crippen LogP contribution in [0.5, 0.6) is 0 Å². The van der Waals surface area contributed by atoms with Gasteiger partial charge in [0.15, 0.2) is 6.10 Å². The Morgan fingerprint density at radius 1 is 0.352 bits per heavy atom. The number of phosphoric ester groups is 1. The van der Waals surface area contributed by atoms with Crippen molar-refractivity contribution >= 4 is 19.8 Å².